The van der Waals surface area contributed by atoms with Gasteiger partial charge >= 0.3 is 0 Å². The number of nitrogens with zero attached hydrogens (tertiary/aromatic N) is 1. The lowest BCUT2D eigenvalue weighted by molar-refractivity contribution is -0.137. The lowest BCUT2D eigenvalue weighted by atomic mass is 9.91. The number of nitrogens with one attached hydrogen (secondary N) is 4. The Morgan fingerprint density at radius 2 is 1.81 bits per heavy atom. The van der Waals surface area contributed by atoms with E-state index in [-0.39, 0.29) is 5.56 Å². The Hall–Kier alpha value is -4.22. The first-order chi connectivity index (χ1) is 15.2. The highest BCUT2D eigenvalue weighted by atomic mass is 19.3. The Morgan fingerprint density at radius 1 is 1.16 bits per heavy atom. The molecule has 1 unspecified atom stereocenters. The van der Waals surface area contributed by atoms with Crippen molar-refractivity contribution in [3.63, 3.8) is 0 Å². The van der Waals surface area contributed by atoms with E-state index in [4.69, 9.17) is 5.21 Å². The fourth-order valence-electron chi connectivity index (χ4n) is 2.63. The van der Waals surface area contributed by atoms with Gasteiger partial charge in [0.25, 0.3) is 18.2 Å². The van der Waals surface area contributed by atoms with Crippen LogP contribution >= 0.6 is 0 Å². The summed E-state index contributed by atoms with van der Waals surface area (Å²) in [6.45, 7) is 1.86. The Kier molecular flexibility index (Phi) is 8.04. The minimum atomic E-state index is -3.24. The lowest BCUT2D eigenvalue weighted by Crippen LogP contribution is -2.68. The summed E-state index contributed by atoms with van der Waals surface area (Å²) in [5, 5.41) is 13.0. The van der Waals surface area contributed by atoms with Crippen molar-refractivity contribution in [1.82, 2.24) is 26.1 Å². The van der Waals surface area contributed by atoms with Gasteiger partial charge in [-0.25, -0.2) is 19.2 Å². The summed E-state index contributed by atoms with van der Waals surface area (Å²) < 4.78 is 27.3. The zero-order valence-electron chi connectivity index (χ0n) is 17.0. The first-order valence-corrected chi connectivity index (χ1v) is 9.10. The van der Waals surface area contributed by atoms with Crippen molar-refractivity contribution >= 4 is 17.7 Å². The van der Waals surface area contributed by atoms with Crippen molar-refractivity contribution in [3.8, 4) is 23.7 Å². The van der Waals surface area contributed by atoms with Gasteiger partial charge in [-0.3, -0.25) is 19.6 Å². The molecular formula is C21H19F2N5O4. The molecule has 2 aromatic rings. The van der Waals surface area contributed by atoms with Crippen LogP contribution in [0, 0.1) is 23.7 Å². The van der Waals surface area contributed by atoms with E-state index in [1.165, 1.54) is 36.1 Å². The number of amides is 3. The number of carbonyl (C=O) groups is 3. The fourth-order valence-corrected chi connectivity index (χ4v) is 2.63. The SMILES string of the molecule is CC(=O)NC(C)(C(F)F)[C@H](NC(=O)c1ccc(C#CC#Cc2c[nH]cn2)cc1)C(=O)NO. The van der Waals surface area contributed by atoms with E-state index in [0.717, 1.165) is 13.8 Å². The summed E-state index contributed by atoms with van der Waals surface area (Å²) in [5.41, 5.74) is -0.160. The second kappa shape index (κ2) is 10.7. The first kappa shape index (κ1) is 24.1. The van der Waals surface area contributed by atoms with E-state index in [2.05, 4.69) is 39.0 Å². The summed E-state index contributed by atoms with van der Waals surface area (Å²) in [6, 6.07) is 3.76. The van der Waals surface area contributed by atoms with Gasteiger partial charge in [-0.05, 0) is 49.0 Å². The number of aromatic nitrogens is 2. The van der Waals surface area contributed by atoms with Crippen LogP contribution in [0.15, 0.2) is 36.8 Å². The molecule has 32 heavy (non-hydrogen) atoms. The molecule has 11 heteroatoms. The van der Waals surface area contributed by atoms with Crippen molar-refractivity contribution in [2.45, 2.75) is 31.9 Å². The van der Waals surface area contributed by atoms with Gasteiger partial charge in [-0.2, -0.15) is 0 Å². The molecule has 9 nitrogen and oxygen atoms in total. The van der Waals surface area contributed by atoms with Crippen LogP contribution < -0.4 is 16.1 Å². The van der Waals surface area contributed by atoms with Gasteiger partial charge < -0.3 is 15.6 Å². The van der Waals surface area contributed by atoms with E-state index in [1.54, 1.807) is 6.20 Å². The normalized spacial score (nSPS) is 12.8. The topological polar surface area (TPSA) is 136 Å². The molecule has 0 aliphatic rings. The molecule has 0 spiro atoms. The lowest BCUT2D eigenvalue weighted by Gasteiger charge is -2.36. The van der Waals surface area contributed by atoms with Gasteiger partial charge in [0.2, 0.25) is 5.91 Å². The molecular weight excluding hydrogens is 424 g/mol. The monoisotopic (exact) mass is 443 g/mol. The number of carbonyl (C=O) groups excluding carboxylic acids is 3. The number of halogens is 2. The summed E-state index contributed by atoms with van der Waals surface area (Å²) in [5.74, 6) is 7.67. The van der Waals surface area contributed by atoms with Crippen LogP contribution in [0.4, 0.5) is 8.78 Å². The van der Waals surface area contributed by atoms with Crippen LogP contribution in [0.5, 0.6) is 0 Å². The van der Waals surface area contributed by atoms with Crippen molar-refractivity contribution in [3.05, 3.63) is 53.6 Å². The fraction of sp³-hybridized carbons (Fsp3) is 0.238. The second-order valence-electron chi connectivity index (χ2n) is 6.68. The number of hydrogen-bond acceptors (Lipinski definition) is 5. The zero-order valence-corrected chi connectivity index (χ0v) is 17.0. The van der Waals surface area contributed by atoms with Gasteiger partial charge in [0.1, 0.15) is 17.3 Å². The molecule has 1 aromatic heterocycles. The molecule has 0 radical (unpaired) electrons. The largest absolute Gasteiger partial charge is 0.350 e. The van der Waals surface area contributed by atoms with Crippen LogP contribution in [0.2, 0.25) is 0 Å². The van der Waals surface area contributed by atoms with E-state index < -0.39 is 35.7 Å². The Balaban J connectivity index is 2.18. The third kappa shape index (κ3) is 6.14. The van der Waals surface area contributed by atoms with E-state index in [0.29, 0.717) is 11.3 Å². The Bertz CT molecular complexity index is 1100. The van der Waals surface area contributed by atoms with Gasteiger partial charge in [0.05, 0.1) is 6.33 Å². The first-order valence-electron chi connectivity index (χ1n) is 9.10. The quantitative estimate of drug-likeness (QED) is 0.253. The number of rotatable bonds is 6. The number of imidazole rings is 1. The van der Waals surface area contributed by atoms with Crippen LogP contribution in [0.1, 0.15) is 35.5 Å². The van der Waals surface area contributed by atoms with Crippen molar-refractivity contribution in [2.75, 3.05) is 0 Å². The number of hydrogen-bond donors (Lipinski definition) is 5. The Labute approximate surface area is 182 Å². The number of alkyl halides is 2. The van der Waals surface area contributed by atoms with E-state index >= 15 is 0 Å². The molecule has 3 amide bonds. The zero-order chi connectivity index (χ0) is 23.7. The predicted octanol–water partition coefficient (Wildman–Crippen LogP) is 0.577. The van der Waals surface area contributed by atoms with Crippen molar-refractivity contribution < 1.29 is 28.4 Å². The van der Waals surface area contributed by atoms with Crippen LogP contribution in [-0.2, 0) is 9.59 Å². The van der Waals surface area contributed by atoms with E-state index in [1.807, 2.05) is 5.32 Å². The van der Waals surface area contributed by atoms with Crippen LogP contribution in [-0.4, -0.2) is 50.9 Å². The molecule has 2 atom stereocenters. The molecule has 0 aliphatic carbocycles. The summed E-state index contributed by atoms with van der Waals surface area (Å²) in [7, 11) is 0. The summed E-state index contributed by atoms with van der Waals surface area (Å²) >= 11 is 0. The van der Waals surface area contributed by atoms with Gasteiger partial charge in [-0.1, -0.05) is 5.92 Å². The van der Waals surface area contributed by atoms with Crippen molar-refractivity contribution in [2.24, 2.45) is 0 Å². The minimum absolute atomic E-state index is 0.0355. The third-order valence-corrected chi connectivity index (χ3v) is 4.25. The molecule has 1 aromatic carbocycles. The summed E-state index contributed by atoms with van der Waals surface area (Å²) in [6.07, 6.45) is -0.151. The molecule has 0 saturated heterocycles. The molecule has 0 bridgehead atoms. The molecule has 2 rings (SSSR count). The van der Waals surface area contributed by atoms with Gasteiger partial charge in [-0.15, -0.1) is 0 Å². The Morgan fingerprint density at radius 3 is 2.34 bits per heavy atom. The predicted molar refractivity (Wildman–Crippen MR) is 108 cm³/mol. The van der Waals surface area contributed by atoms with Crippen LogP contribution in [0.25, 0.3) is 0 Å². The average molecular weight is 443 g/mol. The smallest absolute Gasteiger partial charge is 0.268 e. The number of H-pyrrole nitrogens is 1. The minimum Gasteiger partial charge on any atom is -0.350 e. The van der Waals surface area contributed by atoms with Crippen LogP contribution in [0.3, 0.4) is 0 Å². The second-order valence-corrected chi connectivity index (χ2v) is 6.68. The molecule has 0 aliphatic heterocycles. The van der Waals surface area contributed by atoms with Gasteiger partial charge in [0.15, 0.2) is 0 Å². The molecule has 0 saturated carbocycles. The maximum absolute atomic E-state index is 13.7. The number of aromatic amines is 1. The molecule has 166 valence electrons. The maximum atomic E-state index is 13.7. The maximum Gasteiger partial charge on any atom is 0.268 e. The summed E-state index contributed by atoms with van der Waals surface area (Å²) in [4.78, 5) is 42.6. The van der Waals surface area contributed by atoms with Crippen molar-refractivity contribution in [1.29, 1.82) is 0 Å². The molecule has 5 N–H and O–H groups in total. The highest BCUT2D eigenvalue weighted by Crippen LogP contribution is 2.21. The molecule has 1 heterocycles. The number of benzene rings is 1. The van der Waals surface area contributed by atoms with Gasteiger partial charge in [0, 0.05) is 24.2 Å². The third-order valence-electron chi connectivity index (χ3n) is 4.25. The van der Waals surface area contributed by atoms with E-state index in [9.17, 15) is 23.2 Å². The molecule has 0 fully saturated rings. The highest BCUT2D eigenvalue weighted by molar-refractivity contribution is 5.98. The average Bonchev–Trinajstić information content (AvgIpc) is 3.27. The standard InChI is InChI=1S/C21H19F2N5O4/c1-13(29)27-21(2,20(22)23)17(19(31)28-32)26-18(30)15-9-7-14(8-10-15)5-3-4-6-16-11-24-12-25-16/h7-12,17,20,32H,1-2H3,(H,24,25)(H,26,30)(H,27,29)(H,28,31)/t17-,21?/m1/s1. The highest BCUT2D eigenvalue weighted by Gasteiger charge is 2.48. The number of hydroxylamine groups is 1.